The first-order chi connectivity index (χ1) is 12.3. The number of rotatable bonds is 4. The zero-order valence-electron chi connectivity index (χ0n) is 13.1. The summed E-state index contributed by atoms with van der Waals surface area (Å²) in [6, 6.07) is 11.8. The van der Waals surface area contributed by atoms with E-state index in [2.05, 4.69) is 0 Å². The van der Waals surface area contributed by atoms with Crippen molar-refractivity contribution in [2.45, 2.75) is 16.0 Å². The molecule has 0 amide bonds. The Hall–Kier alpha value is -2.23. The molecule has 0 bridgehead atoms. The van der Waals surface area contributed by atoms with Crippen molar-refractivity contribution in [1.29, 1.82) is 10.5 Å². The van der Waals surface area contributed by atoms with Crippen molar-refractivity contribution in [3.8, 4) is 12.1 Å². The third kappa shape index (κ3) is 7.77. The summed E-state index contributed by atoms with van der Waals surface area (Å²) in [4.78, 5) is 0.970. The first-order valence-electron chi connectivity index (χ1n) is 6.89. The van der Waals surface area contributed by atoms with Gasteiger partial charge in [0.25, 0.3) is 0 Å². The van der Waals surface area contributed by atoms with E-state index in [-0.39, 0.29) is 11.5 Å². The van der Waals surface area contributed by atoms with Crippen molar-refractivity contribution in [3.63, 3.8) is 0 Å². The van der Waals surface area contributed by atoms with Gasteiger partial charge in [-0.1, -0.05) is 0 Å². The predicted molar refractivity (Wildman–Crippen MR) is 90.5 cm³/mol. The summed E-state index contributed by atoms with van der Waals surface area (Å²) >= 11 is 2.26. The van der Waals surface area contributed by atoms with E-state index in [0.29, 0.717) is 9.79 Å². The highest BCUT2D eigenvalue weighted by atomic mass is 32.2. The normalized spacial score (nSPS) is 10.3. The zero-order chi connectivity index (χ0) is 19.6. The molecule has 0 saturated carbocycles. The second kappa shape index (κ2) is 10.7. The zero-order valence-corrected chi connectivity index (χ0v) is 14.7. The summed E-state index contributed by atoms with van der Waals surface area (Å²) < 4.78 is 61.5. The van der Waals surface area contributed by atoms with Crippen LogP contribution in [0.4, 0.5) is 22.0 Å². The quantitative estimate of drug-likeness (QED) is 0.472. The Morgan fingerprint density at radius 1 is 0.846 bits per heavy atom. The second-order valence-corrected chi connectivity index (χ2v) is 6.56. The smallest absolute Gasteiger partial charge is 0.207 e. The molecule has 0 radical (unpaired) electrons. The number of nitrogens with zero attached hydrogens (tertiary/aromatic N) is 2. The van der Waals surface area contributed by atoms with Crippen LogP contribution in [0.2, 0.25) is 0 Å². The minimum atomic E-state index is -4.29. The minimum Gasteiger partial charge on any atom is -0.207 e. The van der Waals surface area contributed by atoms with Crippen molar-refractivity contribution in [2.75, 3.05) is 11.5 Å². The lowest BCUT2D eigenvalue weighted by atomic mass is 10.2. The number of benzene rings is 2. The summed E-state index contributed by atoms with van der Waals surface area (Å²) in [6.07, 6.45) is -4.29. The van der Waals surface area contributed by atoms with Crippen molar-refractivity contribution in [2.24, 2.45) is 0 Å². The van der Waals surface area contributed by atoms with Gasteiger partial charge < -0.3 is 0 Å². The lowest BCUT2D eigenvalue weighted by molar-refractivity contribution is -0.137. The Morgan fingerprint density at radius 3 is 1.92 bits per heavy atom. The van der Waals surface area contributed by atoms with E-state index in [1.54, 1.807) is 0 Å². The topological polar surface area (TPSA) is 47.6 Å². The molecule has 0 aliphatic rings. The molecular weight excluding hydrogens is 391 g/mol. The lowest BCUT2D eigenvalue weighted by Gasteiger charge is -2.06. The molecule has 2 aromatic carbocycles. The Labute approximate surface area is 155 Å². The molecule has 0 saturated heterocycles. The van der Waals surface area contributed by atoms with Crippen LogP contribution in [-0.2, 0) is 6.18 Å². The number of thioether (sulfide) groups is 2. The molecule has 0 aliphatic carbocycles. The van der Waals surface area contributed by atoms with Crippen LogP contribution < -0.4 is 0 Å². The molecule has 0 heterocycles. The van der Waals surface area contributed by atoms with Gasteiger partial charge in [0.1, 0.15) is 11.6 Å². The van der Waals surface area contributed by atoms with E-state index in [4.69, 9.17) is 10.5 Å². The van der Waals surface area contributed by atoms with Crippen LogP contribution in [0.3, 0.4) is 0 Å². The lowest BCUT2D eigenvalue weighted by Crippen LogP contribution is -2.03. The van der Waals surface area contributed by atoms with Crippen LogP contribution in [0.1, 0.15) is 5.56 Å². The fourth-order valence-electron chi connectivity index (χ4n) is 1.56. The highest BCUT2D eigenvalue weighted by molar-refractivity contribution is 7.99. The SMILES string of the molecule is N#CCSc1ccc(C(F)(F)F)cc1.N#CCSc1ccc(F)cc1F. The van der Waals surface area contributed by atoms with Crippen LogP contribution in [0, 0.1) is 34.3 Å². The number of hydrogen-bond acceptors (Lipinski definition) is 4. The van der Waals surface area contributed by atoms with E-state index < -0.39 is 23.4 Å². The van der Waals surface area contributed by atoms with Gasteiger partial charge in [-0.3, -0.25) is 0 Å². The van der Waals surface area contributed by atoms with Gasteiger partial charge in [0.05, 0.1) is 29.2 Å². The number of nitriles is 2. The fraction of sp³-hybridized carbons (Fsp3) is 0.176. The summed E-state index contributed by atoms with van der Waals surface area (Å²) in [5.41, 5.74) is -0.668. The van der Waals surface area contributed by atoms with Gasteiger partial charge in [0, 0.05) is 15.9 Å². The number of alkyl halides is 3. The maximum atomic E-state index is 12.8. The van der Waals surface area contributed by atoms with E-state index >= 15 is 0 Å². The van der Waals surface area contributed by atoms with Gasteiger partial charge in [-0.2, -0.15) is 23.7 Å². The third-order valence-electron chi connectivity index (χ3n) is 2.67. The van der Waals surface area contributed by atoms with Gasteiger partial charge >= 0.3 is 6.18 Å². The van der Waals surface area contributed by atoms with Gasteiger partial charge in [0.15, 0.2) is 0 Å². The number of halogens is 5. The van der Waals surface area contributed by atoms with Crippen LogP contribution in [0.15, 0.2) is 52.3 Å². The van der Waals surface area contributed by atoms with E-state index in [9.17, 15) is 22.0 Å². The van der Waals surface area contributed by atoms with Crippen LogP contribution in [-0.4, -0.2) is 11.5 Å². The molecule has 0 atom stereocenters. The highest BCUT2D eigenvalue weighted by Crippen LogP contribution is 2.30. The summed E-state index contributed by atoms with van der Waals surface area (Å²) in [6.45, 7) is 0. The molecule has 2 nitrogen and oxygen atoms in total. The van der Waals surface area contributed by atoms with E-state index in [0.717, 1.165) is 30.0 Å². The van der Waals surface area contributed by atoms with Crippen LogP contribution >= 0.6 is 23.5 Å². The first-order valence-corrected chi connectivity index (χ1v) is 8.87. The molecule has 2 rings (SSSR count). The molecular formula is C17H11F5N2S2. The number of hydrogen-bond donors (Lipinski definition) is 0. The molecule has 0 aliphatic heterocycles. The van der Waals surface area contributed by atoms with Gasteiger partial charge in [-0.15, -0.1) is 23.5 Å². The largest absolute Gasteiger partial charge is 0.416 e. The Balaban J connectivity index is 0.000000263. The van der Waals surface area contributed by atoms with Gasteiger partial charge in [0.2, 0.25) is 0 Å². The predicted octanol–water partition coefficient (Wildman–Crippen LogP) is 5.90. The monoisotopic (exact) mass is 402 g/mol. The van der Waals surface area contributed by atoms with E-state index in [1.165, 1.54) is 36.0 Å². The maximum absolute atomic E-state index is 12.8. The summed E-state index contributed by atoms with van der Waals surface area (Å²) in [7, 11) is 0. The Bertz CT molecular complexity index is 793. The summed E-state index contributed by atoms with van der Waals surface area (Å²) in [5.74, 6) is -0.808. The molecule has 0 fully saturated rings. The standard InChI is InChI=1S/C9H6F3NS.C8H5F2NS/c10-9(11,12)7-1-3-8(4-2-7)14-6-5-13;9-6-1-2-8(7(10)5-6)12-4-3-11/h1-4H,6H2;1-2,5H,4H2. The molecule has 2 aromatic rings. The molecule has 0 aromatic heterocycles. The van der Waals surface area contributed by atoms with Crippen molar-refractivity contribution < 1.29 is 22.0 Å². The molecule has 0 unspecified atom stereocenters. The average Bonchev–Trinajstić information content (AvgIpc) is 2.59. The first kappa shape index (κ1) is 21.8. The van der Waals surface area contributed by atoms with Gasteiger partial charge in [-0.05, 0) is 36.4 Å². The highest BCUT2D eigenvalue weighted by Gasteiger charge is 2.29. The molecule has 26 heavy (non-hydrogen) atoms. The Kier molecular flexibility index (Phi) is 8.97. The van der Waals surface area contributed by atoms with Crippen molar-refractivity contribution >= 4 is 23.5 Å². The van der Waals surface area contributed by atoms with E-state index in [1.807, 2.05) is 12.1 Å². The van der Waals surface area contributed by atoms with Gasteiger partial charge in [-0.25, -0.2) is 8.78 Å². The van der Waals surface area contributed by atoms with Crippen LogP contribution in [0.5, 0.6) is 0 Å². The molecule has 0 spiro atoms. The maximum Gasteiger partial charge on any atom is 0.416 e. The minimum absolute atomic E-state index is 0.169. The molecule has 9 heteroatoms. The average molecular weight is 402 g/mol. The second-order valence-electron chi connectivity index (χ2n) is 4.49. The molecule has 136 valence electrons. The van der Waals surface area contributed by atoms with Crippen molar-refractivity contribution in [1.82, 2.24) is 0 Å². The van der Waals surface area contributed by atoms with Crippen LogP contribution in [0.25, 0.3) is 0 Å². The molecule has 0 N–H and O–H groups in total. The fourth-order valence-corrected chi connectivity index (χ4v) is 2.70. The summed E-state index contributed by atoms with van der Waals surface area (Å²) in [5, 5.41) is 16.5. The van der Waals surface area contributed by atoms with Crippen molar-refractivity contribution in [3.05, 3.63) is 59.7 Å². The third-order valence-corrected chi connectivity index (χ3v) is 4.47. The Morgan fingerprint density at radius 2 is 1.42 bits per heavy atom.